The van der Waals surface area contributed by atoms with Crippen molar-refractivity contribution >= 4 is 33.9 Å². The zero-order valence-corrected chi connectivity index (χ0v) is 13.0. The summed E-state index contributed by atoms with van der Waals surface area (Å²) in [6, 6.07) is 7.02. The number of amides is 1. The molecule has 1 aliphatic heterocycles. The van der Waals surface area contributed by atoms with E-state index in [4.69, 9.17) is 18.0 Å². The molecule has 1 aliphatic rings. The highest BCUT2D eigenvalue weighted by molar-refractivity contribution is 7.90. The standard InChI is InChI=1S/C14H18N2O2S2/c1-16-13(19)14(7-2-3-8-20(14)18)11-6-4-5-10(9-11)12(15)17/h4-6,9H,2-3,7-8H2,1H3,(H2,15,17)(H,16,19)/t14-,20+/m0/s1. The van der Waals surface area contributed by atoms with Gasteiger partial charge in [0.05, 0.1) is 4.99 Å². The second-order valence-corrected chi connectivity index (χ2v) is 7.06. The molecule has 2 rings (SSSR count). The van der Waals surface area contributed by atoms with E-state index in [-0.39, 0.29) is 0 Å². The van der Waals surface area contributed by atoms with E-state index in [1.807, 2.05) is 6.07 Å². The molecular weight excluding hydrogens is 292 g/mol. The van der Waals surface area contributed by atoms with Gasteiger partial charge in [-0.3, -0.25) is 9.00 Å². The molecule has 1 amide bonds. The largest absolute Gasteiger partial charge is 0.381 e. The molecule has 6 heteroatoms. The Labute approximate surface area is 126 Å². The number of benzene rings is 1. The van der Waals surface area contributed by atoms with Gasteiger partial charge in [0.15, 0.2) is 0 Å². The molecule has 0 unspecified atom stereocenters. The molecule has 108 valence electrons. The molecule has 1 aromatic rings. The van der Waals surface area contributed by atoms with Gasteiger partial charge in [0, 0.05) is 29.2 Å². The van der Waals surface area contributed by atoms with Crippen LogP contribution < -0.4 is 11.1 Å². The number of likely N-dealkylation sites (N-methyl/N-ethyl adjacent to an activating group) is 1. The lowest BCUT2D eigenvalue weighted by Gasteiger charge is -2.37. The van der Waals surface area contributed by atoms with E-state index < -0.39 is 21.5 Å². The first-order valence-electron chi connectivity index (χ1n) is 6.53. The van der Waals surface area contributed by atoms with Gasteiger partial charge in [0.2, 0.25) is 5.91 Å². The first-order valence-corrected chi connectivity index (χ1v) is 8.26. The molecule has 3 N–H and O–H groups in total. The third-order valence-electron chi connectivity index (χ3n) is 3.70. The number of carbonyl (C=O) groups excluding carboxylic acids is 1. The first kappa shape index (κ1) is 15.1. The number of nitrogens with one attached hydrogen (secondary N) is 1. The lowest BCUT2D eigenvalue weighted by molar-refractivity contribution is 0.1000. The number of primary amides is 1. The van der Waals surface area contributed by atoms with E-state index in [9.17, 15) is 9.00 Å². The minimum atomic E-state index is -1.09. The highest BCUT2D eigenvalue weighted by Crippen LogP contribution is 2.39. The number of nitrogens with two attached hydrogens (primary N) is 1. The van der Waals surface area contributed by atoms with E-state index in [0.717, 1.165) is 24.8 Å². The number of thiocarbonyl (C=S) groups is 1. The van der Waals surface area contributed by atoms with Crippen LogP contribution in [-0.4, -0.2) is 27.9 Å². The summed E-state index contributed by atoms with van der Waals surface area (Å²) in [6.07, 6.45) is 2.63. The smallest absolute Gasteiger partial charge is 0.248 e. The Kier molecular flexibility index (Phi) is 4.55. The van der Waals surface area contributed by atoms with Crippen LogP contribution in [0.4, 0.5) is 0 Å². The van der Waals surface area contributed by atoms with Crippen LogP contribution >= 0.6 is 12.2 Å². The van der Waals surface area contributed by atoms with Crippen molar-refractivity contribution in [2.45, 2.75) is 24.0 Å². The van der Waals surface area contributed by atoms with Crippen molar-refractivity contribution in [1.29, 1.82) is 0 Å². The molecule has 0 aromatic heterocycles. The Bertz CT molecular complexity index is 564. The maximum Gasteiger partial charge on any atom is 0.248 e. The predicted octanol–water partition coefficient (Wildman–Crippen LogP) is 1.46. The Hall–Kier alpha value is -1.27. The van der Waals surface area contributed by atoms with E-state index >= 15 is 0 Å². The molecule has 2 atom stereocenters. The Balaban J connectivity index is 2.57. The predicted molar refractivity (Wildman–Crippen MR) is 85.2 cm³/mol. The molecule has 4 nitrogen and oxygen atoms in total. The van der Waals surface area contributed by atoms with Gasteiger partial charge in [-0.25, -0.2) is 0 Å². The molecule has 0 saturated carbocycles. The number of hydrogen-bond donors (Lipinski definition) is 2. The van der Waals surface area contributed by atoms with E-state index in [0.29, 0.717) is 16.3 Å². The monoisotopic (exact) mass is 310 g/mol. The maximum absolute atomic E-state index is 12.7. The van der Waals surface area contributed by atoms with Gasteiger partial charge in [-0.1, -0.05) is 30.8 Å². The minimum Gasteiger partial charge on any atom is -0.381 e. The summed E-state index contributed by atoms with van der Waals surface area (Å²) in [5.74, 6) is 0.141. The topological polar surface area (TPSA) is 72.2 Å². The summed E-state index contributed by atoms with van der Waals surface area (Å²) in [4.78, 5) is 11.9. The summed E-state index contributed by atoms with van der Waals surface area (Å²) in [7, 11) is 0.649. The van der Waals surface area contributed by atoms with Gasteiger partial charge in [0.25, 0.3) is 0 Å². The van der Waals surface area contributed by atoms with E-state index in [2.05, 4.69) is 5.32 Å². The Morgan fingerprint density at radius 3 is 2.80 bits per heavy atom. The molecule has 1 fully saturated rings. The third-order valence-corrected chi connectivity index (χ3v) is 6.47. The van der Waals surface area contributed by atoms with Crippen molar-refractivity contribution in [3.8, 4) is 0 Å². The van der Waals surface area contributed by atoms with Crippen LogP contribution in [-0.2, 0) is 15.5 Å². The first-order chi connectivity index (χ1) is 9.52. The van der Waals surface area contributed by atoms with Crippen LogP contribution in [0, 0.1) is 0 Å². The zero-order chi connectivity index (χ0) is 14.8. The van der Waals surface area contributed by atoms with Gasteiger partial charge in [0.1, 0.15) is 4.75 Å². The van der Waals surface area contributed by atoms with Crippen molar-refractivity contribution in [3.63, 3.8) is 0 Å². The molecular formula is C14H18N2O2S2. The highest BCUT2D eigenvalue weighted by Gasteiger charge is 2.44. The second kappa shape index (κ2) is 6.01. The summed E-state index contributed by atoms with van der Waals surface area (Å²) in [5, 5.41) is 2.98. The quantitative estimate of drug-likeness (QED) is 0.829. The molecule has 0 spiro atoms. The van der Waals surface area contributed by atoms with Crippen LogP contribution in [0.2, 0.25) is 0 Å². The second-order valence-electron chi connectivity index (χ2n) is 4.86. The lowest BCUT2D eigenvalue weighted by atomic mass is 9.90. The Morgan fingerprint density at radius 2 is 2.20 bits per heavy atom. The van der Waals surface area contributed by atoms with Crippen LogP contribution in [0.25, 0.3) is 0 Å². The molecule has 1 saturated heterocycles. The fraction of sp³-hybridized carbons (Fsp3) is 0.429. The minimum absolute atomic E-state index is 0.420. The van der Waals surface area contributed by atoms with E-state index in [1.54, 1.807) is 25.2 Å². The van der Waals surface area contributed by atoms with Gasteiger partial charge in [-0.05, 0) is 30.5 Å². The van der Waals surface area contributed by atoms with Crippen molar-refractivity contribution in [1.82, 2.24) is 5.32 Å². The van der Waals surface area contributed by atoms with Crippen molar-refractivity contribution < 1.29 is 9.00 Å². The van der Waals surface area contributed by atoms with Crippen molar-refractivity contribution in [2.75, 3.05) is 12.8 Å². The van der Waals surface area contributed by atoms with Gasteiger partial charge in [-0.15, -0.1) is 0 Å². The normalized spacial score (nSPS) is 25.9. The molecule has 1 aromatic carbocycles. The third kappa shape index (κ3) is 2.50. The summed E-state index contributed by atoms with van der Waals surface area (Å²) < 4.78 is 12.0. The molecule has 20 heavy (non-hydrogen) atoms. The van der Waals surface area contributed by atoms with Crippen molar-refractivity contribution in [2.24, 2.45) is 5.73 Å². The fourth-order valence-corrected chi connectivity index (χ4v) is 5.03. The molecule has 0 aliphatic carbocycles. The summed E-state index contributed by atoms with van der Waals surface area (Å²) >= 11 is 5.44. The Morgan fingerprint density at radius 1 is 1.45 bits per heavy atom. The van der Waals surface area contributed by atoms with Crippen molar-refractivity contribution in [3.05, 3.63) is 35.4 Å². The summed E-state index contributed by atoms with van der Waals surface area (Å²) in [5.41, 5.74) is 6.57. The summed E-state index contributed by atoms with van der Waals surface area (Å²) in [6.45, 7) is 0. The molecule has 1 heterocycles. The number of carbonyl (C=O) groups is 1. The fourth-order valence-electron chi connectivity index (χ4n) is 2.64. The number of rotatable bonds is 3. The van der Waals surface area contributed by atoms with Crippen LogP contribution in [0.5, 0.6) is 0 Å². The SMILES string of the molecule is CNC(=S)[C@@]1(c2cccc(C(N)=O)c2)CCCC[S@]1=O. The van der Waals surface area contributed by atoms with Gasteiger partial charge >= 0.3 is 0 Å². The molecule has 0 bridgehead atoms. The zero-order valence-electron chi connectivity index (χ0n) is 11.3. The maximum atomic E-state index is 12.7. The van der Waals surface area contributed by atoms with Gasteiger partial charge < -0.3 is 11.1 Å². The molecule has 0 radical (unpaired) electrons. The van der Waals surface area contributed by atoms with E-state index in [1.165, 1.54) is 0 Å². The van der Waals surface area contributed by atoms with Gasteiger partial charge in [-0.2, -0.15) is 0 Å². The van der Waals surface area contributed by atoms with Crippen LogP contribution in [0.1, 0.15) is 35.2 Å². The lowest BCUT2D eigenvalue weighted by Crippen LogP contribution is -2.48. The average Bonchev–Trinajstić information content (AvgIpc) is 2.47. The number of hydrogen-bond acceptors (Lipinski definition) is 3. The van der Waals surface area contributed by atoms with Crippen LogP contribution in [0.3, 0.4) is 0 Å². The average molecular weight is 310 g/mol. The highest BCUT2D eigenvalue weighted by atomic mass is 32.2. The van der Waals surface area contributed by atoms with Crippen LogP contribution in [0.15, 0.2) is 24.3 Å².